The first kappa shape index (κ1) is 14.8. The Morgan fingerprint density at radius 1 is 0.952 bits per heavy atom. The Balaban J connectivity index is 1.99. The SMILES string of the molecule is O=C(N/C=C/c1ccccc1)c1ccc(C(F)(F)F)cc1. The van der Waals surface area contributed by atoms with E-state index in [1.165, 1.54) is 6.20 Å². The molecule has 0 atom stereocenters. The number of nitrogens with one attached hydrogen (secondary N) is 1. The van der Waals surface area contributed by atoms with Gasteiger partial charge >= 0.3 is 6.18 Å². The van der Waals surface area contributed by atoms with E-state index in [2.05, 4.69) is 5.32 Å². The highest BCUT2D eigenvalue weighted by Gasteiger charge is 2.30. The Bertz CT molecular complexity index is 631. The molecule has 0 bridgehead atoms. The molecule has 0 unspecified atom stereocenters. The van der Waals surface area contributed by atoms with E-state index in [4.69, 9.17) is 0 Å². The maximum Gasteiger partial charge on any atom is 0.416 e. The maximum atomic E-state index is 12.4. The molecule has 0 saturated heterocycles. The third kappa shape index (κ3) is 4.21. The van der Waals surface area contributed by atoms with E-state index < -0.39 is 17.6 Å². The Morgan fingerprint density at radius 2 is 1.57 bits per heavy atom. The summed E-state index contributed by atoms with van der Waals surface area (Å²) >= 11 is 0. The quantitative estimate of drug-likeness (QED) is 0.906. The topological polar surface area (TPSA) is 29.1 Å². The minimum absolute atomic E-state index is 0.167. The van der Waals surface area contributed by atoms with Crippen LogP contribution in [0.5, 0.6) is 0 Å². The second kappa shape index (κ2) is 6.26. The second-order valence-electron chi connectivity index (χ2n) is 4.29. The van der Waals surface area contributed by atoms with E-state index in [1.807, 2.05) is 30.3 Å². The van der Waals surface area contributed by atoms with Crippen molar-refractivity contribution >= 4 is 12.0 Å². The summed E-state index contributed by atoms with van der Waals surface area (Å²) in [5, 5.41) is 2.50. The highest BCUT2D eigenvalue weighted by atomic mass is 19.4. The van der Waals surface area contributed by atoms with Crippen LogP contribution < -0.4 is 5.32 Å². The van der Waals surface area contributed by atoms with E-state index in [-0.39, 0.29) is 5.56 Å². The van der Waals surface area contributed by atoms with Crippen molar-refractivity contribution in [3.63, 3.8) is 0 Å². The number of halogens is 3. The molecular formula is C16H12F3NO. The lowest BCUT2D eigenvalue weighted by Crippen LogP contribution is -2.17. The summed E-state index contributed by atoms with van der Waals surface area (Å²) < 4.78 is 37.2. The molecule has 0 aliphatic rings. The molecule has 0 aliphatic heterocycles. The van der Waals surface area contributed by atoms with Crippen LogP contribution in [0.25, 0.3) is 6.08 Å². The van der Waals surface area contributed by atoms with Gasteiger partial charge < -0.3 is 5.32 Å². The highest BCUT2D eigenvalue weighted by Crippen LogP contribution is 2.29. The predicted molar refractivity (Wildman–Crippen MR) is 74.4 cm³/mol. The van der Waals surface area contributed by atoms with Crippen LogP contribution in [0.4, 0.5) is 13.2 Å². The van der Waals surface area contributed by atoms with Crippen LogP contribution in [0.3, 0.4) is 0 Å². The first-order chi connectivity index (χ1) is 9.97. The van der Waals surface area contributed by atoms with Crippen molar-refractivity contribution in [2.24, 2.45) is 0 Å². The van der Waals surface area contributed by atoms with Crippen molar-refractivity contribution in [1.82, 2.24) is 5.32 Å². The molecule has 2 nitrogen and oxygen atoms in total. The largest absolute Gasteiger partial charge is 0.416 e. The number of carbonyl (C=O) groups excluding carboxylic acids is 1. The third-order valence-corrected chi connectivity index (χ3v) is 2.76. The number of amides is 1. The van der Waals surface area contributed by atoms with Crippen molar-refractivity contribution in [1.29, 1.82) is 0 Å². The van der Waals surface area contributed by atoms with E-state index in [9.17, 15) is 18.0 Å². The van der Waals surface area contributed by atoms with Crippen molar-refractivity contribution < 1.29 is 18.0 Å². The molecule has 1 N–H and O–H groups in total. The fraction of sp³-hybridized carbons (Fsp3) is 0.0625. The fourth-order valence-corrected chi connectivity index (χ4v) is 1.67. The van der Waals surface area contributed by atoms with Crippen LogP contribution in [0.1, 0.15) is 21.5 Å². The summed E-state index contributed by atoms with van der Waals surface area (Å²) in [6.45, 7) is 0. The molecule has 2 rings (SSSR count). The van der Waals surface area contributed by atoms with Crippen LogP contribution in [0, 0.1) is 0 Å². The molecule has 0 heterocycles. The number of alkyl halides is 3. The lowest BCUT2D eigenvalue weighted by Gasteiger charge is -2.07. The maximum absolute atomic E-state index is 12.4. The zero-order chi connectivity index (χ0) is 15.3. The van der Waals surface area contributed by atoms with Crippen molar-refractivity contribution in [2.75, 3.05) is 0 Å². The third-order valence-electron chi connectivity index (χ3n) is 2.76. The van der Waals surface area contributed by atoms with E-state index in [1.54, 1.807) is 6.08 Å². The summed E-state index contributed by atoms with van der Waals surface area (Å²) in [5.41, 5.74) is 0.296. The van der Waals surface area contributed by atoms with Gasteiger partial charge in [-0.3, -0.25) is 4.79 Å². The van der Waals surface area contributed by atoms with Crippen LogP contribution in [0.15, 0.2) is 60.8 Å². The lowest BCUT2D eigenvalue weighted by molar-refractivity contribution is -0.137. The molecule has 0 spiro atoms. The van der Waals surface area contributed by atoms with Gasteiger partial charge in [-0.15, -0.1) is 0 Å². The summed E-state index contributed by atoms with van der Waals surface area (Å²) in [5.74, 6) is -0.462. The average Bonchev–Trinajstić information content (AvgIpc) is 2.47. The van der Waals surface area contributed by atoms with Crippen LogP contribution in [-0.4, -0.2) is 5.91 Å². The van der Waals surface area contributed by atoms with Gasteiger partial charge in [0.25, 0.3) is 5.91 Å². The minimum Gasteiger partial charge on any atom is -0.329 e. The van der Waals surface area contributed by atoms with Gasteiger partial charge in [0.05, 0.1) is 5.56 Å². The van der Waals surface area contributed by atoms with Crippen molar-refractivity contribution in [2.45, 2.75) is 6.18 Å². The average molecular weight is 291 g/mol. The van der Waals surface area contributed by atoms with Crippen molar-refractivity contribution in [3.8, 4) is 0 Å². The molecule has 21 heavy (non-hydrogen) atoms. The number of carbonyl (C=O) groups is 1. The number of benzene rings is 2. The van der Waals surface area contributed by atoms with Crippen LogP contribution in [0.2, 0.25) is 0 Å². The molecule has 5 heteroatoms. The monoisotopic (exact) mass is 291 g/mol. The minimum atomic E-state index is -4.40. The van der Waals surface area contributed by atoms with E-state index in [0.29, 0.717) is 0 Å². The summed E-state index contributed by atoms with van der Waals surface area (Å²) in [6.07, 6.45) is -1.25. The van der Waals surface area contributed by atoms with Gasteiger partial charge in [-0.1, -0.05) is 30.3 Å². The summed E-state index contributed by atoms with van der Waals surface area (Å²) in [6, 6.07) is 13.4. The zero-order valence-electron chi connectivity index (χ0n) is 10.9. The van der Waals surface area contributed by atoms with Crippen LogP contribution >= 0.6 is 0 Å². The number of hydrogen-bond donors (Lipinski definition) is 1. The first-order valence-corrected chi connectivity index (χ1v) is 6.16. The van der Waals surface area contributed by atoms with E-state index >= 15 is 0 Å². The molecule has 108 valence electrons. The molecule has 0 aromatic heterocycles. The molecular weight excluding hydrogens is 279 g/mol. The summed E-state index contributed by atoms with van der Waals surface area (Å²) in [7, 11) is 0. The van der Waals surface area contributed by atoms with Gasteiger partial charge in [0.2, 0.25) is 0 Å². The standard InChI is InChI=1S/C16H12F3NO/c17-16(18,19)14-8-6-13(7-9-14)15(21)20-11-10-12-4-2-1-3-5-12/h1-11H,(H,20,21)/b11-10+. The van der Waals surface area contributed by atoms with Gasteiger partial charge in [-0.2, -0.15) is 13.2 Å². The Kier molecular flexibility index (Phi) is 4.42. The molecule has 1 amide bonds. The fourth-order valence-electron chi connectivity index (χ4n) is 1.67. The number of rotatable bonds is 3. The molecule has 0 aliphatic carbocycles. The lowest BCUT2D eigenvalue weighted by atomic mass is 10.1. The Hall–Kier alpha value is -2.56. The molecule has 0 saturated carbocycles. The Labute approximate surface area is 119 Å². The summed E-state index contributed by atoms with van der Waals surface area (Å²) in [4.78, 5) is 11.8. The van der Waals surface area contributed by atoms with Gasteiger partial charge in [-0.25, -0.2) is 0 Å². The van der Waals surface area contributed by atoms with Gasteiger partial charge in [0.1, 0.15) is 0 Å². The van der Waals surface area contributed by atoms with Gasteiger partial charge in [-0.05, 0) is 35.9 Å². The Morgan fingerprint density at radius 3 is 2.14 bits per heavy atom. The molecule has 0 radical (unpaired) electrons. The van der Waals surface area contributed by atoms with E-state index in [0.717, 1.165) is 29.8 Å². The first-order valence-electron chi connectivity index (χ1n) is 6.16. The highest BCUT2D eigenvalue weighted by molar-refractivity contribution is 5.95. The smallest absolute Gasteiger partial charge is 0.329 e. The predicted octanol–water partition coefficient (Wildman–Crippen LogP) is 4.11. The zero-order valence-corrected chi connectivity index (χ0v) is 10.9. The van der Waals surface area contributed by atoms with Gasteiger partial charge in [0, 0.05) is 11.8 Å². The molecule has 2 aromatic carbocycles. The van der Waals surface area contributed by atoms with Gasteiger partial charge in [0.15, 0.2) is 0 Å². The number of hydrogen-bond acceptors (Lipinski definition) is 1. The second-order valence-corrected chi connectivity index (χ2v) is 4.29. The molecule has 0 fully saturated rings. The van der Waals surface area contributed by atoms with Crippen molar-refractivity contribution in [3.05, 3.63) is 77.5 Å². The molecule has 2 aromatic rings. The normalized spacial score (nSPS) is 11.6. The van der Waals surface area contributed by atoms with Crippen LogP contribution in [-0.2, 0) is 6.18 Å².